The smallest absolute Gasteiger partial charge is 0.274 e. The topological polar surface area (TPSA) is 75.5 Å². The second kappa shape index (κ2) is 6.84. The minimum Gasteiger partial charge on any atom is -0.349 e. The van der Waals surface area contributed by atoms with Crippen molar-refractivity contribution in [3.8, 4) is 0 Å². The number of benzene rings is 1. The fourth-order valence-electron chi connectivity index (χ4n) is 1.75. The molecule has 0 heterocycles. The van der Waals surface area contributed by atoms with E-state index in [1.165, 1.54) is 11.0 Å². The molecule has 0 saturated heterocycles. The molecule has 0 aliphatic rings. The first kappa shape index (κ1) is 15.1. The van der Waals surface area contributed by atoms with E-state index in [0.717, 1.165) is 0 Å². The summed E-state index contributed by atoms with van der Waals surface area (Å²) in [5, 5.41) is 14.0. The normalized spacial score (nSPS) is 11.9. The first-order valence-corrected chi connectivity index (χ1v) is 6.10. The molecule has 6 heteroatoms. The summed E-state index contributed by atoms with van der Waals surface area (Å²) in [4.78, 5) is 23.5. The summed E-state index contributed by atoms with van der Waals surface area (Å²) in [6, 6.07) is 6.45. The van der Waals surface area contributed by atoms with Crippen molar-refractivity contribution in [1.82, 2.24) is 10.2 Å². The number of carbonyl (C=O) groups is 1. The van der Waals surface area contributed by atoms with Crippen LogP contribution in [0.15, 0.2) is 24.3 Å². The van der Waals surface area contributed by atoms with Crippen LogP contribution in [0.2, 0.25) is 0 Å². The minimum atomic E-state index is -0.390. The quantitative estimate of drug-likeness (QED) is 0.627. The Kier molecular flexibility index (Phi) is 5.44. The van der Waals surface area contributed by atoms with Gasteiger partial charge in [-0.3, -0.25) is 14.9 Å². The monoisotopic (exact) mass is 265 g/mol. The van der Waals surface area contributed by atoms with E-state index in [2.05, 4.69) is 5.32 Å². The molecule has 1 aromatic carbocycles. The van der Waals surface area contributed by atoms with Crippen LogP contribution in [0.1, 0.15) is 24.9 Å². The maximum Gasteiger partial charge on any atom is 0.274 e. The Morgan fingerprint density at radius 3 is 2.63 bits per heavy atom. The number of nitro groups is 1. The highest BCUT2D eigenvalue weighted by atomic mass is 16.6. The van der Waals surface area contributed by atoms with Crippen LogP contribution in [0, 0.1) is 10.1 Å². The summed E-state index contributed by atoms with van der Waals surface area (Å²) in [7, 11) is 3.40. The molecule has 1 unspecified atom stereocenters. The van der Waals surface area contributed by atoms with Gasteiger partial charge in [-0.1, -0.05) is 18.2 Å². The van der Waals surface area contributed by atoms with E-state index >= 15 is 0 Å². The van der Waals surface area contributed by atoms with Gasteiger partial charge in [0, 0.05) is 44.7 Å². The van der Waals surface area contributed by atoms with Crippen LogP contribution in [-0.4, -0.2) is 36.4 Å². The van der Waals surface area contributed by atoms with Crippen molar-refractivity contribution in [2.24, 2.45) is 0 Å². The van der Waals surface area contributed by atoms with E-state index in [1.54, 1.807) is 32.3 Å². The number of hydrogen-bond donors (Lipinski definition) is 1. The molecule has 0 radical (unpaired) electrons. The van der Waals surface area contributed by atoms with Gasteiger partial charge in [-0.15, -0.1) is 0 Å². The molecule has 0 aliphatic carbocycles. The minimum absolute atomic E-state index is 0.0299. The van der Waals surface area contributed by atoms with Gasteiger partial charge in [-0.05, 0) is 6.92 Å². The number of amides is 1. The van der Waals surface area contributed by atoms with Crippen LogP contribution in [-0.2, 0) is 4.79 Å². The molecular weight excluding hydrogens is 246 g/mol. The van der Waals surface area contributed by atoms with Gasteiger partial charge in [-0.25, -0.2) is 0 Å². The Morgan fingerprint density at radius 1 is 1.42 bits per heavy atom. The van der Waals surface area contributed by atoms with E-state index in [0.29, 0.717) is 18.5 Å². The zero-order valence-electron chi connectivity index (χ0n) is 11.4. The lowest BCUT2D eigenvalue weighted by Crippen LogP contribution is -2.28. The van der Waals surface area contributed by atoms with Crippen molar-refractivity contribution in [3.05, 3.63) is 39.9 Å². The molecule has 1 amide bonds. The van der Waals surface area contributed by atoms with E-state index < -0.39 is 4.92 Å². The van der Waals surface area contributed by atoms with Crippen LogP contribution >= 0.6 is 0 Å². The summed E-state index contributed by atoms with van der Waals surface area (Å²) in [5.74, 6) is 0.0299. The summed E-state index contributed by atoms with van der Waals surface area (Å²) in [6.07, 6.45) is 0.373. The van der Waals surface area contributed by atoms with Gasteiger partial charge < -0.3 is 10.2 Å². The molecule has 1 atom stereocenters. The largest absolute Gasteiger partial charge is 0.349 e. The van der Waals surface area contributed by atoms with E-state index in [4.69, 9.17) is 0 Å². The molecule has 0 bridgehead atoms. The van der Waals surface area contributed by atoms with Gasteiger partial charge in [0.25, 0.3) is 5.69 Å². The van der Waals surface area contributed by atoms with Crippen LogP contribution in [0.25, 0.3) is 0 Å². The SMILES string of the molecule is CC(NCCC(=O)N(C)C)c1ccccc1[N+](=O)[O-]. The Hall–Kier alpha value is -1.95. The van der Waals surface area contributed by atoms with Gasteiger partial charge in [0.2, 0.25) is 5.91 Å². The molecule has 6 nitrogen and oxygen atoms in total. The van der Waals surface area contributed by atoms with Crippen molar-refractivity contribution in [2.45, 2.75) is 19.4 Å². The first-order valence-electron chi connectivity index (χ1n) is 6.10. The lowest BCUT2D eigenvalue weighted by Gasteiger charge is -2.15. The summed E-state index contributed by atoms with van der Waals surface area (Å²) < 4.78 is 0. The van der Waals surface area contributed by atoms with Gasteiger partial charge in [0.05, 0.1) is 4.92 Å². The van der Waals surface area contributed by atoms with E-state index in [9.17, 15) is 14.9 Å². The van der Waals surface area contributed by atoms with Crippen LogP contribution < -0.4 is 5.32 Å². The number of nitro benzene ring substituents is 1. The molecule has 19 heavy (non-hydrogen) atoms. The average molecular weight is 265 g/mol. The third-order valence-corrected chi connectivity index (χ3v) is 2.89. The first-order chi connectivity index (χ1) is 8.93. The zero-order valence-corrected chi connectivity index (χ0v) is 11.4. The molecule has 0 saturated carbocycles. The van der Waals surface area contributed by atoms with Crippen molar-refractivity contribution in [2.75, 3.05) is 20.6 Å². The van der Waals surface area contributed by atoms with Crippen molar-refractivity contribution >= 4 is 11.6 Å². The number of carbonyl (C=O) groups excluding carboxylic acids is 1. The van der Waals surface area contributed by atoms with Crippen molar-refractivity contribution in [1.29, 1.82) is 0 Å². The molecular formula is C13H19N3O3. The third kappa shape index (κ3) is 4.33. The van der Waals surface area contributed by atoms with Gasteiger partial charge in [0.1, 0.15) is 0 Å². The predicted molar refractivity (Wildman–Crippen MR) is 72.8 cm³/mol. The van der Waals surface area contributed by atoms with E-state index in [1.807, 2.05) is 6.92 Å². The standard InChI is InChI=1S/C13H19N3O3/c1-10(14-9-8-13(17)15(2)3)11-6-4-5-7-12(11)16(18)19/h4-7,10,14H,8-9H2,1-3H3. The summed E-state index contributed by atoms with van der Waals surface area (Å²) in [6.45, 7) is 2.34. The fourth-order valence-corrected chi connectivity index (χ4v) is 1.75. The lowest BCUT2D eigenvalue weighted by molar-refractivity contribution is -0.385. The van der Waals surface area contributed by atoms with Crippen LogP contribution in [0.3, 0.4) is 0 Å². The average Bonchev–Trinajstić information content (AvgIpc) is 2.38. The maximum atomic E-state index is 11.4. The van der Waals surface area contributed by atoms with Crippen molar-refractivity contribution < 1.29 is 9.72 Å². The van der Waals surface area contributed by atoms with Crippen LogP contribution in [0.4, 0.5) is 5.69 Å². The van der Waals surface area contributed by atoms with E-state index in [-0.39, 0.29) is 17.6 Å². The van der Waals surface area contributed by atoms with Gasteiger partial charge in [-0.2, -0.15) is 0 Å². The second-order valence-electron chi connectivity index (χ2n) is 4.53. The Labute approximate surface area is 112 Å². The van der Waals surface area contributed by atoms with Gasteiger partial charge >= 0.3 is 0 Å². The molecule has 0 spiro atoms. The highest BCUT2D eigenvalue weighted by Gasteiger charge is 2.17. The zero-order chi connectivity index (χ0) is 14.4. The molecule has 0 aliphatic heterocycles. The Morgan fingerprint density at radius 2 is 2.05 bits per heavy atom. The number of rotatable bonds is 6. The molecule has 1 N–H and O–H groups in total. The third-order valence-electron chi connectivity index (χ3n) is 2.89. The number of nitrogens with zero attached hydrogens (tertiary/aromatic N) is 2. The Balaban J connectivity index is 2.61. The second-order valence-corrected chi connectivity index (χ2v) is 4.53. The highest BCUT2D eigenvalue weighted by Crippen LogP contribution is 2.24. The Bertz CT molecular complexity index is 460. The van der Waals surface area contributed by atoms with Gasteiger partial charge in [0.15, 0.2) is 0 Å². The maximum absolute atomic E-state index is 11.4. The number of nitrogens with one attached hydrogen (secondary N) is 1. The molecule has 1 aromatic rings. The molecule has 1 rings (SSSR count). The fraction of sp³-hybridized carbons (Fsp3) is 0.462. The molecule has 104 valence electrons. The number of para-hydroxylation sites is 1. The molecule has 0 fully saturated rings. The number of hydrogen-bond acceptors (Lipinski definition) is 4. The highest BCUT2D eigenvalue weighted by molar-refractivity contribution is 5.75. The summed E-state index contributed by atoms with van der Waals surface area (Å²) in [5.41, 5.74) is 0.728. The summed E-state index contributed by atoms with van der Waals surface area (Å²) >= 11 is 0. The predicted octanol–water partition coefficient (Wildman–Crippen LogP) is 1.72. The molecule has 0 aromatic heterocycles. The van der Waals surface area contributed by atoms with Crippen LogP contribution in [0.5, 0.6) is 0 Å². The van der Waals surface area contributed by atoms with Crippen molar-refractivity contribution in [3.63, 3.8) is 0 Å². The lowest BCUT2D eigenvalue weighted by atomic mass is 10.1.